The molecule has 0 spiro atoms. The van der Waals surface area contributed by atoms with Gasteiger partial charge in [0, 0.05) is 16.8 Å². The van der Waals surface area contributed by atoms with Crippen LogP contribution in [-0.4, -0.2) is 16.9 Å². The van der Waals surface area contributed by atoms with Crippen molar-refractivity contribution in [1.29, 1.82) is 0 Å². The fraction of sp³-hybridized carbons (Fsp3) is 0.733. The minimum absolute atomic E-state index is 0.0715. The number of nitrogens with zero attached hydrogens (tertiary/aromatic N) is 1. The molecule has 106 valence electrons. The standard InChI is InChI=1S/C15H24N2OS/c1-5-6-10-7-12(10)17-13(18)8-11-9-19-14(16-11)15(2,3)4/h9-10,12H,5-8H2,1-4H3,(H,17,18)/t10-,12-/m1/s1. The van der Waals surface area contributed by atoms with E-state index in [4.69, 9.17) is 0 Å². The lowest BCUT2D eigenvalue weighted by Gasteiger charge is -2.13. The number of hydrogen-bond acceptors (Lipinski definition) is 3. The Labute approximate surface area is 119 Å². The molecule has 0 bridgehead atoms. The molecule has 4 heteroatoms. The van der Waals surface area contributed by atoms with Gasteiger partial charge in [0.2, 0.25) is 5.91 Å². The van der Waals surface area contributed by atoms with Crippen molar-refractivity contribution < 1.29 is 4.79 Å². The van der Waals surface area contributed by atoms with Gasteiger partial charge in [0.15, 0.2) is 0 Å². The van der Waals surface area contributed by atoms with E-state index in [1.54, 1.807) is 11.3 Å². The van der Waals surface area contributed by atoms with Crippen molar-refractivity contribution in [3.05, 3.63) is 16.1 Å². The van der Waals surface area contributed by atoms with Crippen molar-refractivity contribution in [3.63, 3.8) is 0 Å². The molecule has 3 nitrogen and oxygen atoms in total. The average Bonchev–Trinajstić information content (AvgIpc) is 2.84. The summed E-state index contributed by atoms with van der Waals surface area (Å²) < 4.78 is 0. The molecule has 0 unspecified atom stereocenters. The van der Waals surface area contributed by atoms with E-state index in [0.29, 0.717) is 12.5 Å². The van der Waals surface area contributed by atoms with Gasteiger partial charge in [0.25, 0.3) is 0 Å². The maximum Gasteiger partial charge on any atom is 0.226 e. The first-order chi connectivity index (χ1) is 8.90. The monoisotopic (exact) mass is 280 g/mol. The molecule has 0 saturated heterocycles. The van der Waals surface area contributed by atoms with E-state index in [1.807, 2.05) is 5.38 Å². The van der Waals surface area contributed by atoms with E-state index in [1.165, 1.54) is 12.8 Å². The predicted molar refractivity (Wildman–Crippen MR) is 79.5 cm³/mol. The molecule has 1 saturated carbocycles. The Morgan fingerprint density at radius 1 is 1.53 bits per heavy atom. The predicted octanol–water partition coefficient (Wildman–Crippen LogP) is 3.29. The number of thiazole rings is 1. The van der Waals surface area contributed by atoms with E-state index < -0.39 is 0 Å². The van der Waals surface area contributed by atoms with Crippen LogP contribution in [-0.2, 0) is 16.6 Å². The summed E-state index contributed by atoms with van der Waals surface area (Å²) in [5.74, 6) is 0.837. The molecule has 1 fully saturated rings. The second kappa shape index (κ2) is 5.61. The van der Waals surface area contributed by atoms with Crippen LogP contribution in [0.4, 0.5) is 0 Å². The highest BCUT2D eigenvalue weighted by Gasteiger charge is 2.37. The van der Waals surface area contributed by atoms with E-state index in [2.05, 4.69) is 38.0 Å². The molecule has 2 atom stereocenters. The molecule has 1 heterocycles. The van der Waals surface area contributed by atoms with Crippen LogP contribution in [0.1, 0.15) is 57.7 Å². The van der Waals surface area contributed by atoms with Crippen molar-refractivity contribution in [2.75, 3.05) is 0 Å². The Hall–Kier alpha value is -0.900. The van der Waals surface area contributed by atoms with Crippen LogP contribution in [0.5, 0.6) is 0 Å². The average molecular weight is 280 g/mol. The summed E-state index contributed by atoms with van der Waals surface area (Å²) in [6.07, 6.45) is 4.01. The first-order valence-corrected chi connectivity index (χ1v) is 8.02. The maximum absolute atomic E-state index is 11.9. The first-order valence-electron chi connectivity index (χ1n) is 7.14. The van der Waals surface area contributed by atoms with Crippen molar-refractivity contribution >= 4 is 17.2 Å². The molecule has 0 aliphatic heterocycles. The van der Waals surface area contributed by atoms with Crippen LogP contribution in [0.15, 0.2) is 5.38 Å². The topological polar surface area (TPSA) is 42.0 Å². The Kier molecular flexibility index (Phi) is 4.29. The van der Waals surface area contributed by atoms with Crippen LogP contribution < -0.4 is 5.32 Å². The van der Waals surface area contributed by atoms with Gasteiger partial charge in [-0.15, -0.1) is 11.3 Å². The zero-order chi connectivity index (χ0) is 14.0. The van der Waals surface area contributed by atoms with E-state index in [0.717, 1.165) is 23.0 Å². The van der Waals surface area contributed by atoms with E-state index >= 15 is 0 Å². The number of aromatic nitrogens is 1. The number of carbonyl (C=O) groups is 1. The van der Waals surface area contributed by atoms with Crippen LogP contribution in [0.25, 0.3) is 0 Å². The van der Waals surface area contributed by atoms with Crippen LogP contribution in [0.2, 0.25) is 0 Å². The highest BCUT2D eigenvalue weighted by molar-refractivity contribution is 7.09. The molecule has 1 N–H and O–H groups in total. The van der Waals surface area contributed by atoms with Gasteiger partial charge in [0.1, 0.15) is 0 Å². The van der Waals surface area contributed by atoms with Crippen molar-refractivity contribution in [1.82, 2.24) is 10.3 Å². The number of carbonyl (C=O) groups excluding carboxylic acids is 1. The van der Waals surface area contributed by atoms with Gasteiger partial charge < -0.3 is 5.32 Å². The lowest BCUT2D eigenvalue weighted by atomic mass is 9.98. The van der Waals surface area contributed by atoms with E-state index in [-0.39, 0.29) is 11.3 Å². The smallest absolute Gasteiger partial charge is 0.226 e. The molecule has 19 heavy (non-hydrogen) atoms. The lowest BCUT2D eigenvalue weighted by Crippen LogP contribution is -2.28. The first kappa shape index (κ1) is 14.5. The second-order valence-corrected chi connectivity index (χ2v) is 7.39. The SMILES string of the molecule is CCC[C@@H]1C[C@H]1NC(=O)Cc1csc(C(C)(C)C)n1. The summed E-state index contributed by atoms with van der Waals surface area (Å²) in [6.45, 7) is 8.64. The van der Waals surface area contributed by atoms with Crippen molar-refractivity contribution in [2.24, 2.45) is 5.92 Å². The minimum atomic E-state index is 0.0715. The fourth-order valence-electron chi connectivity index (χ4n) is 2.27. The summed E-state index contributed by atoms with van der Waals surface area (Å²) >= 11 is 1.65. The molecular weight excluding hydrogens is 256 g/mol. The van der Waals surface area contributed by atoms with Gasteiger partial charge >= 0.3 is 0 Å². The Morgan fingerprint density at radius 2 is 2.26 bits per heavy atom. The zero-order valence-electron chi connectivity index (χ0n) is 12.3. The number of hydrogen-bond donors (Lipinski definition) is 1. The van der Waals surface area contributed by atoms with Gasteiger partial charge in [-0.2, -0.15) is 0 Å². The molecular formula is C15H24N2OS. The summed E-state index contributed by atoms with van der Waals surface area (Å²) in [5, 5.41) is 6.22. The van der Waals surface area contributed by atoms with Gasteiger partial charge in [0.05, 0.1) is 17.1 Å². The van der Waals surface area contributed by atoms with Gasteiger partial charge in [-0.05, 0) is 18.8 Å². The minimum Gasteiger partial charge on any atom is -0.353 e. The molecule has 1 amide bonds. The van der Waals surface area contributed by atoms with Crippen LogP contribution in [0.3, 0.4) is 0 Å². The summed E-state index contributed by atoms with van der Waals surface area (Å²) in [7, 11) is 0. The van der Waals surface area contributed by atoms with Crippen molar-refractivity contribution in [3.8, 4) is 0 Å². The molecule has 0 radical (unpaired) electrons. The zero-order valence-corrected chi connectivity index (χ0v) is 13.1. The molecule has 1 aliphatic rings. The fourth-order valence-corrected chi connectivity index (χ4v) is 3.18. The molecule has 1 aromatic rings. The number of rotatable bonds is 5. The molecule has 2 rings (SSSR count). The number of amides is 1. The normalized spacial score (nSPS) is 22.3. The third-order valence-corrected chi connectivity index (χ3v) is 4.78. The Morgan fingerprint density at radius 3 is 2.84 bits per heavy atom. The highest BCUT2D eigenvalue weighted by atomic mass is 32.1. The lowest BCUT2D eigenvalue weighted by molar-refractivity contribution is -0.120. The molecule has 0 aromatic carbocycles. The van der Waals surface area contributed by atoms with E-state index in [9.17, 15) is 4.79 Å². The highest BCUT2D eigenvalue weighted by Crippen LogP contribution is 2.34. The summed E-state index contributed by atoms with van der Waals surface area (Å²) in [4.78, 5) is 16.5. The molecule has 1 aromatic heterocycles. The van der Waals surface area contributed by atoms with Crippen LogP contribution >= 0.6 is 11.3 Å². The largest absolute Gasteiger partial charge is 0.353 e. The molecule has 1 aliphatic carbocycles. The Bertz CT molecular complexity index is 447. The van der Waals surface area contributed by atoms with Gasteiger partial charge in [-0.3, -0.25) is 4.79 Å². The summed E-state index contributed by atoms with van der Waals surface area (Å²) in [6, 6.07) is 0.424. The third-order valence-electron chi connectivity index (χ3n) is 3.46. The third kappa shape index (κ3) is 4.03. The summed E-state index contributed by atoms with van der Waals surface area (Å²) in [5.41, 5.74) is 0.974. The van der Waals surface area contributed by atoms with Crippen LogP contribution in [0, 0.1) is 5.92 Å². The van der Waals surface area contributed by atoms with Gasteiger partial charge in [-0.25, -0.2) is 4.98 Å². The van der Waals surface area contributed by atoms with Crippen molar-refractivity contribution in [2.45, 2.75) is 64.8 Å². The second-order valence-electron chi connectivity index (χ2n) is 6.53. The number of nitrogens with one attached hydrogen (secondary N) is 1. The quantitative estimate of drug-likeness (QED) is 0.899. The Balaban J connectivity index is 1.81. The van der Waals surface area contributed by atoms with Gasteiger partial charge in [-0.1, -0.05) is 34.1 Å². The maximum atomic E-state index is 11.9.